The second-order valence-corrected chi connectivity index (χ2v) is 5.01. The Balaban J connectivity index is 1.80. The van der Waals surface area contributed by atoms with Gasteiger partial charge in [0.05, 0.1) is 35.0 Å². The summed E-state index contributed by atoms with van der Waals surface area (Å²) in [5.74, 6) is -0.501. The Kier molecular flexibility index (Phi) is 3.84. The molecule has 0 atom stereocenters. The number of halogens is 3. The lowest BCUT2D eigenvalue weighted by Gasteiger charge is -2.08. The third kappa shape index (κ3) is 3.29. The number of aryl methyl sites for hydroxylation is 1. The normalized spacial score (nSPS) is 11.5. The van der Waals surface area contributed by atoms with Gasteiger partial charge in [0.15, 0.2) is 0 Å². The van der Waals surface area contributed by atoms with E-state index < -0.39 is 17.6 Å². The van der Waals surface area contributed by atoms with Crippen molar-refractivity contribution < 1.29 is 22.5 Å². The van der Waals surface area contributed by atoms with E-state index in [0.717, 1.165) is 12.1 Å². The van der Waals surface area contributed by atoms with Crippen LogP contribution < -0.4 is 5.32 Å². The first kappa shape index (κ1) is 15.8. The van der Waals surface area contributed by atoms with Gasteiger partial charge in [0.2, 0.25) is 5.76 Å². The van der Waals surface area contributed by atoms with Gasteiger partial charge in [-0.15, -0.1) is 0 Å². The number of amides is 1. The maximum absolute atomic E-state index is 12.7. The number of benzene rings is 1. The van der Waals surface area contributed by atoms with E-state index >= 15 is 0 Å². The molecule has 2 aromatic heterocycles. The van der Waals surface area contributed by atoms with Crippen molar-refractivity contribution in [2.75, 3.05) is 5.32 Å². The molecule has 0 aliphatic carbocycles. The smallest absolute Gasteiger partial charge is 0.351 e. The van der Waals surface area contributed by atoms with Crippen molar-refractivity contribution in [2.45, 2.75) is 13.1 Å². The Bertz CT molecular complexity index is 883. The van der Waals surface area contributed by atoms with Crippen LogP contribution in [0.2, 0.25) is 0 Å². The van der Waals surface area contributed by atoms with Gasteiger partial charge in [-0.1, -0.05) is 11.2 Å². The fourth-order valence-corrected chi connectivity index (χ4v) is 2.02. The number of nitrogens with zero attached hydrogens (tertiary/aromatic N) is 3. The van der Waals surface area contributed by atoms with Crippen molar-refractivity contribution in [1.29, 1.82) is 0 Å². The number of carbonyl (C=O) groups excluding carboxylic acids is 1. The second kappa shape index (κ2) is 5.84. The molecular formula is C15H11F3N4O2. The van der Waals surface area contributed by atoms with Crippen LogP contribution in [0.25, 0.3) is 5.69 Å². The molecule has 0 radical (unpaired) electrons. The molecule has 0 fully saturated rings. The molecule has 0 spiro atoms. The van der Waals surface area contributed by atoms with Gasteiger partial charge < -0.3 is 9.84 Å². The average molecular weight is 336 g/mol. The van der Waals surface area contributed by atoms with Gasteiger partial charge in [0.1, 0.15) is 0 Å². The Labute approximate surface area is 133 Å². The van der Waals surface area contributed by atoms with Crippen LogP contribution in [0.1, 0.15) is 21.8 Å². The summed E-state index contributed by atoms with van der Waals surface area (Å²) in [5, 5.41) is 10.1. The number of aromatic nitrogens is 3. The monoisotopic (exact) mass is 336 g/mol. The molecule has 0 saturated heterocycles. The van der Waals surface area contributed by atoms with Crippen molar-refractivity contribution >= 4 is 11.6 Å². The minimum atomic E-state index is -4.44. The summed E-state index contributed by atoms with van der Waals surface area (Å²) in [7, 11) is 0. The highest BCUT2D eigenvalue weighted by atomic mass is 19.4. The first-order valence-corrected chi connectivity index (χ1v) is 6.80. The second-order valence-electron chi connectivity index (χ2n) is 5.01. The van der Waals surface area contributed by atoms with Gasteiger partial charge in [-0.3, -0.25) is 4.79 Å². The zero-order valence-corrected chi connectivity index (χ0v) is 12.3. The fourth-order valence-electron chi connectivity index (χ4n) is 2.02. The molecule has 0 aliphatic rings. The largest absolute Gasteiger partial charge is 0.416 e. The van der Waals surface area contributed by atoms with E-state index in [9.17, 15) is 18.0 Å². The van der Waals surface area contributed by atoms with Gasteiger partial charge in [-0.05, 0) is 25.1 Å². The van der Waals surface area contributed by atoms with Gasteiger partial charge in [-0.25, -0.2) is 4.68 Å². The maximum atomic E-state index is 12.7. The zero-order valence-electron chi connectivity index (χ0n) is 12.3. The van der Waals surface area contributed by atoms with Crippen LogP contribution in [0, 0.1) is 6.92 Å². The Hall–Kier alpha value is -3.10. The van der Waals surface area contributed by atoms with Crippen LogP contribution in [0.15, 0.2) is 47.2 Å². The predicted octanol–water partition coefficient (Wildman–Crippen LogP) is 3.44. The lowest BCUT2D eigenvalue weighted by atomic mass is 10.2. The average Bonchev–Trinajstić information content (AvgIpc) is 3.16. The maximum Gasteiger partial charge on any atom is 0.416 e. The lowest BCUT2D eigenvalue weighted by molar-refractivity contribution is -0.137. The number of carbonyl (C=O) groups is 1. The van der Waals surface area contributed by atoms with Gasteiger partial charge in [0, 0.05) is 6.07 Å². The Morgan fingerprint density at radius 3 is 2.75 bits per heavy atom. The van der Waals surface area contributed by atoms with Gasteiger partial charge >= 0.3 is 6.18 Å². The van der Waals surface area contributed by atoms with E-state index in [2.05, 4.69) is 15.6 Å². The molecule has 0 bridgehead atoms. The summed E-state index contributed by atoms with van der Waals surface area (Å²) in [6.07, 6.45) is -1.72. The molecule has 6 nitrogen and oxygen atoms in total. The number of alkyl halides is 3. The molecule has 3 aromatic rings. The highest BCUT2D eigenvalue weighted by molar-refractivity contribution is 6.02. The summed E-state index contributed by atoms with van der Waals surface area (Å²) in [4.78, 5) is 11.9. The topological polar surface area (TPSA) is 73.0 Å². The molecular weight excluding hydrogens is 325 g/mol. The SMILES string of the molecule is Cc1cc(C(=O)Nc2cnn(-c3cccc(C(F)(F)F)c3)c2)on1. The number of hydrogen-bond acceptors (Lipinski definition) is 4. The minimum absolute atomic E-state index is 0.0271. The number of rotatable bonds is 3. The van der Waals surface area contributed by atoms with Crippen molar-refractivity contribution in [3.8, 4) is 5.69 Å². The summed E-state index contributed by atoms with van der Waals surface area (Å²) in [6, 6.07) is 6.18. The van der Waals surface area contributed by atoms with Crippen LogP contribution in [-0.4, -0.2) is 20.8 Å². The molecule has 0 unspecified atom stereocenters. The van der Waals surface area contributed by atoms with Gasteiger partial charge in [0.25, 0.3) is 5.91 Å². The highest BCUT2D eigenvalue weighted by Gasteiger charge is 2.30. The van der Waals surface area contributed by atoms with E-state index in [1.165, 1.54) is 35.3 Å². The van der Waals surface area contributed by atoms with Crippen LogP contribution in [0.4, 0.5) is 18.9 Å². The van der Waals surface area contributed by atoms with Crippen LogP contribution in [0.3, 0.4) is 0 Å². The van der Waals surface area contributed by atoms with Crippen molar-refractivity contribution in [1.82, 2.24) is 14.9 Å². The molecule has 3 rings (SSSR count). The van der Waals surface area contributed by atoms with E-state index in [-0.39, 0.29) is 11.4 Å². The van der Waals surface area contributed by atoms with E-state index in [1.807, 2.05) is 0 Å². The van der Waals surface area contributed by atoms with E-state index in [4.69, 9.17) is 4.52 Å². The standard InChI is InChI=1S/C15H11F3N4O2/c1-9-5-13(24-21-9)14(23)20-11-7-19-22(8-11)12-4-2-3-10(6-12)15(16,17)18/h2-8H,1H3,(H,20,23). The summed E-state index contributed by atoms with van der Waals surface area (Å²) in [5.41, 5.74) is 0.310. The first-order chi connectivity index (χ1) is 11.3. The van der Waals surface area contributed by atoms with Crippen LogP contribution >= 0.6 is 0 Å². The lowest BCUT2D eigenvalue weighted by Crippen LogP contribution is -2.10. The van der Waals surface area contributed by atoms with Crippen LogP contribution in [-0.2, 0) is 6.18 Å². The van der Waals surface area contributed by atoms with Crippen molar-refractivity contribution in [3.63, 3.8) is 0 Å². The van der Waals surface area contributed by atoms with Crippen molar-refractivity contribution in [2.24, 2.45) is 0 Å². The highest BCUT2D eigenvalue weighted by Crippen LogP contribution is 2.30. The fraction of sp³-hybridized carbons (Fsp3) is 0.133. The third-order valence-electron chi connectivity index (χ3n) is 3.13. The summed E-state index contributed by atoms with van der Waals surface area (Å²) in [6.45, 7) is 1.67. The number of nitrogens with one attached hydrogen (secondary N) is 1. The Morgan fingerprint density at radius 2 is 2.08 bits per heavy atom. The molecule has 124 valence electrons. The number of anilines is 1. The molecule has 2 heterocycles. The molecule has 1 aromatic carbocycles. The molecule has 1 N–H and O–H groups in total. The molecule has 1 amide bonds. The summed E-state index contributed by atoms with van der Waals surface area (Å²) < 4.78 is 44.3. The minimum Gasteiger partial charge on any atom is -0.351 e. The molecule has 24 heavy (non-hydrogen) atoms. The first-order valence-electron chi connectivity index (χ1n) is 6.80. The van der Waals surface area contributed by atoms with Crippen molar-refractivity contribution in [3.05, 3.63) is 59.7 Å². The van der Waals surface area contributed by atoms with E-state index in [1.54, 1.807) is 6.92 Å². The van der Waals surface area contributed by atoms with E-state index in [0.29, 0.717) is 11.4 Å². The quantitative estimate of drug-likeness (QED) is 0.795. The third-order valence-corrected chi connectivity index (χ3v) is 3.13. The molecule has 0 aliphatic heterocycles. The summed E-state index contributed by atoms with van der Waals surface area (Å²) >= 11 is 0. The Morgan fingerprint density at radius 1 is 1.29 bits per heavy atom. The zero-order chi connectivity index (χ0) is 17.3. The van der Waals surface area contributed by atoms with Gasteiger partial charge in [-0.2, -0.15) is 18.3 Å². The molecule has 0 saturated carbocycles. The number of hydrogen-bond donors (Lipinski definition) is 1. The van der Waals surface area contributed by atoms with Crippen LogP contribution in [0.5, 0.6) is 0 Å². The predicted molar refractivity (Wildman–Crippen MR) is 77.8 cm³/mol. The molecule has 9 heteroatoms.